The number of hydrogen-bond donors (Lipinski definition) is 0. The molecule has 138 valence electrons. The molecule has 0 N–H and O–H groups in total. The summed E-state index contributed by atoms with van der Waals surface area (Å²) < 4.78 is 19.1. The maximum absolute atomic E-state index is 13.7. The largest absolute Gasteiger partial charge is 0.496 e. The minimum Gasteiger partial charge on any atom is -0.496 e. The zero-order valence-corrected chi connectivity index (χ0v) is 15.7. The van der Waals surface area contributed by atoms with Gasteiger partial charge in [-0.2, -0.15) is 0 Å². The van der Waals surface area contributed by atoms with Crippen molar-refractivity contribution in [2.75, 3.05) is 33.3 Å². The standard InChI is InChI=1S/C20H29FN2O2/c1-14(2)17-6-5-15(11-18(17)25-4)19(24)22-9-7-16(8-10-22)23-12-20(3,21)13-23/h5-6,11,14,16H,7-10,12-13H2,1-4H3. The number of ether oxygens (including phenoxy) is 1. The maximum Gasteiger partial charge on any atom is 0.253 e. The molecular formula is C20H29FN2O2. The van der Waals surface area contributed by atoms with Gasteiger partial charge in [0.1, 0.15) is 11.4 Å². The van der Waals surface area contributed by atoms with Gasteiger partial charge < -0.3 is 9.64 Å². The van der Waals surface area contributed by atoms with Crippen molar-refractivity contribution in [3.05, 3.63) is 29.3 Å². The molecule has 0 radical (unpaired) electrons. The van der Waals surface area contributed by atoms with Crippen LogP contribution in [0.2, 0.25) is 0 Å². The van der Waals surface area contributed by atoms with Crippen LogP contribution in [-0.4, -0.2) is 60.7 Å². The molecule has 0 bridgehead atoms. The number of likely N-dealkylation sites (tertiary alicyclic amines) is 2. The number of nitrogens with zero attached hydrogens (tertiary/aromatic N) is 2. The third-order valence-corrected chi connectivity index (χ3v) is 5.44. The highest BCUT2D eigenvalue weighted by Gasteiger charge is 2.43. The summed E-state index contributed by atoms with van der Waals surface area (Å²) in [5.74, 6) is 1.19. The van der Waals surface area contributed by atoms with Crippen LogP contribution in [0.5, 0.6) is 5.75 Å². The predicted octanol–water partition coefficient (Wildman–Crippen LogP) is 3.47. The van der Waals surface area contributed by atoms with E-state index in [0.717, 1.165) is 37.2 Å². The monoisotopic (exact) mass is 348 g/mol. The van der Waals surface area contributed by atoms with Crippen molar-refractivity contribution in [1.29, 1.82) is 0 Å². The molecule has 2 aliphatic rings. The Bertz CT molecular complexity index is 629. The summed E-state index contributed by atoms with van der Waals surface area (Å²) in [4.78, 5) is 16.9. The summed E-state index contributed by atoms with van der Waals surface area (Å²) in [7, 11) is 1.65. The topological polar surface area (TPSA) is 32.8 Å². The van der Waals surface area contributed by atoms with Crippen LogP contribution in [0.3, 0.4) is 0 Å². The van der Waals surface area contributed by atoms with Crippen molar-refractivity contribution < 1.29 is 13.9 Å². The molecule has 2 fully saturated rings. The summed E-state index contributed by atoms with van der Waals surface area (Å²) in [5.41, 5.74) is 0.770. The van der Waals surface area contributed by atoms with Gasteiger partial charge in [-0.15, -0.1) is 0 Å². The Kier molecular flexibility index (Phi) is 5.05. The van der Waals surface area contributed by atoms with Crippen LogP contribution >= 0.6 is 0 Å². The van der Waals surface area contributed by atoms with E-state index in [4.69, 9.17) is 4.74 Å². The zero-order valence-electron chi connectivity index (χ0n) is 15.7. The van der Waals surface area contributed by atoms with E-state index in [-0.39, 0.29) is 5.91 Å². The summed E-state index contributed by atoms with van der Waals surface area (Å²) >= 11 is 0. The number of hydrogen-bond acceptors (Lipinski definition) is 3. The van der Waals surface area contributed by atoms with Gasteiger partial charge in [-0.1, -0.05) is 19.9 Å². The number of benzene rings is 1. The van der Waals surface area contributed by atoms with E-state index >= 15 is 0 Å². The molecule has 1 aromatic rings. The van der Waals surface area contributed by atoms with E-state index in [2.05, 4.69) is 18.7 Å². The molecule has 0 unspecified atom stereocenters. The van der Waals surface area contributed by atoms with Crippen LogP contribution in [0.15, 0.2) is 18.2 Å². The maximum atomic E-state index is 13.7. The van der Waals surface area contributed by atoms with E-state index in [0.29, 0.717) is 30.6 Å². The van der Waals surface area contributed by atoms with Crippen molar-refractivity contribution in [3.63, 3.8) is 0 Å². The Morgan fingerprint density at radius 1 is 1.28 bits per heavy atom. The van der Waals surface area contributed by atoms with Crippen LogP contribution in [0.1, 0.15) is 55.5 Å². The molecule has 0 spiro atoms. The molecule has 2 heterocycles. The number of halogens is 1. The number of methoxy groups -OCH3 is 1. The Balaban J connectivity index is 1.61. The molecule has 5 heteroatoms. The Hall–Kier alpha value is -1.62. The molecule has 1 amide bonds. The number of amides is 1. The van der Waals surface area contributed by atoms with Crippen LogP contribution in [-0.2, 0) is 0 Å². The molecule has 2 saturated heterocycles. The average molecular weight is 348 g/mol. The van der Waals surface area contributed by atoms with Crippen LogP contribution in [0.25, 0.3) is 0 Å². The Morgan fingerprint density at radius 3 is 2.44 bits per heavy atom. The lowest BCUT2D eigenvalue weighted by molar-refractivity contribution is -0.0565. The predicted molar refractivity (Wildman–Crippen MR) is 97.1 cm³/mol. The van der Waals surface area contributed by atoms with E-state index in [1.807, 2.05) is 23.1 Å². The van der Waals surface area contributed by atoms with Gasteiger partial charge in [-0.3, -0.25) is 9.69 Å². The quantitative estimate of drug-likeness (QED) is 0.835. The molecule has 2 aliphatic heterocycles. The second kappa shape index (κ2) is 6.94. The molecule has 0 aliphatic carbocycles. The van der Waals surface area contributed by atoms with Crippen molar-refractivity contribution in [2.24, 2.45) is 0 Å². The molecular weight excluding hydrogens is 319 g/mol. The number of rotatable bonds is 4. The third kappa shape index (κ3) is 3.81. The van der Waals surface area contributed by atoms with Gasteiger partial charge in [0.25, 0.3) is 5.91 Å². The third-order valence-electron chi connectivity index (χ3n) is 5.44. The molecule has 0 aromatic heterocycles. The molecule has 0 atom stereocenters. The molecule has 3 rings (SSSR count). The van der Waals surface area contributed by atoms with Crippen molar-refractivity contribution in [3.8, 4) is 5.75 Å². The summed E-state index contributed by atoms with van der Waals surface area (Å²) in [6, 6.07) is 6.15. The first-order chi connectivity index (χ1) is 11.8. The molecule has 0 saturated carbocycles. The fourth-order valence-electron chi connectivity index (χ4n) is 4.00. The van der Waals surface area contributed by atoms with Gasteiger partial charge in [-0.25, -0.2) is 4.39 Å². The van der Waals surface area contributed by atoms with E-state index in [1.165, 1.54) is 0 Å². The van der Waals surface area contributed by atoms with Gasteiger partial charge in [0.2, 0.25) is 0 Å². The smallest absolute Gasteiger partial charge is 0.253 e. The Morgan fingerprint density at radius 2 is 1.92 bits per heavy atom. The van der Waals surface area contributed by atoms with Crippen molar-refractivity contribution in [1.82, 2.24) is 9.80 Å². The fourth-order valence-corrected chi connectivity index (χ4v) is 4.00. The lowest BCUT2D eigenvalue weighted by Crippen LogP contribution is -2.62. The van der Waals surface area contributed by atoms with E-state index in [1.54, 1.807) is 14.0 Å². The van der Waals surface area contributed by atoms with Gasteiger partial charge in [-0.05, 0) is 43.4 Å². The fraction of sp³-hybridized carbons (Fsp3) is 0.650. The van der Waals surface area contributed by atoms with Crippen molar-refractivity contribution >= 4 is 5.91 Å². The lowest BCUT2D eigenvalue weighted by Gasteiger charge is -2.49. The van der Waals surface area contributed by atoms with Crippen LogP contribution < -0.4 is 4.74 Å². The van der Waals surface area contributed by atoms with Gasteiger partial charge >= 0.3 is 0 Å². The lowest BCUT2D eigenvalue weighted by atomic mass is 9.92. The minimum absolute atomic E-state index is 0.0611. The number of piperidine rings is 1. The van der Waals surface area contributed by atoms with Gasteiger partial charge in [0, 0.05) is 37.8 Å². The highest BCUT2D eigenvalue weighted by atomic mass is 19.1. The first kappa shape index (κ1) is 18.2. The highest BCUT2D eigenvalue weighted by Crippen LogP contribution is 2.31. The molecule has 4 nitrogen and oxygen atoms in total. The van der Waals surface area contributed by atoms with Crippen molar-refractivity contribution in [2.45, 2.75) is 51.2 Å². The van der Waals surface area contributed by atoms with E-state index < -0.39 is 5.67 Å². The van der Waals surface area contributed by atoms with Crippen LogP contribution in [0.4, 0.5) is 4.39 Å². The number of carbonyl (C=O) groups excluding carboxylic acids is 1. The first-order valence-corrected chi connectivity index (χ1v) is 9.21. The summed E-state index contributed by atoms with van der Waals surface area (Å²) in [6.45, 7) is 8.41. The highest BCUT2D eigenvalue weighted by molar-refractivity contribution is 5.94. The van der Waals surface area contributed by atoms with Crippen LogP contribution in [0, 0.1) is 0 Å². The number of alkyl halides is 1. The zero-order chi connectivity index (χ0) is 18.2. The summed E-state index contributed by atoms with van der Waals surface area (Å²) in [5, 5.41) is 0. The van der Waals surface area contributed by atoms with Gasteiger partial charge in [0.15, 0.2) is 0 Å². The normalized spacial score (nSPS) is 21.3. The molecule has 1 aromatic carbocycles. The SMILES string of the molecule is COc1cc(C(=O)N2CCC(N3CC(C)(F)C3)CC2)ccc1C(C)C. The Labute approximate surface area is 149 Å². The minimum atomic E-state index is -1.03. The second-order valence-corrected chi connectivity index (χ2v) is 7.95. The number of carbonyl (C=O) groups is 1. The second-order valence-electron chi connectivity index (χ2n) is 7.95. The average Bonchev–Trinajstić information content (AvgIpc) is 2.58. The van der Waals surface area contributed by atoms with Gasteiger partial charge in [0.05, 0.1) is 7.11 Å². The van der Waals surface area contributed by atoms with E-state index in [9.17, 15) is 9.18 Å². The molecule has 25 heavy (non-hydrogen) atoms. The first-order valence-electron chi connectivity index (χ1n) is 9.21. The summed E-state index contributed by atoms with van der Waals surface area (Å²) in [6.07, 6.45) is 1.84.